The number of likely N-dealkylation sites (tertiary alicyclic amines) is 1. The molecule has 9 heteroatoms. The lowest BCUT2D eigenvalue weighted by atomic mass is 9.98. The van der Waals surface area contributed by atoms with Crippen molar-refractivity contribution in [1.82, 2.24) is 19.7 Å². The fourth-order valence-corrected chi connectivity index (χ4v) is 3.45. The van der Waals surface area contributed by atoms with E-state index >= 15 is 0 Å². The summed E-state index contributed by atoms with van der Waals surface area (Å²) in [5.41, 5.74) is 0.455. The Morgan fingerprint density at radius 2 is 1.96 bits per heavy atom. The van der Waals surface area contributed by atoms with Gasteiger partial charge in [-0.2, -0.15) is 0 Å². The van der Waals surface area contributed by atoms with Crippen LogP contribution >= 0.6 is 23.2 Å². The summed E-state index contributed by atoms with van der Waals surface area (Å²) in [6.45, 7) is 2.34. The molecule has 2 heterocycles. The minimum absolute atomic E-state index is 0.000440. The number of para-hydroxylation sites is 1. The van der Waals surface area contributed by atoms with E-state index in [1.165, 1.54) is 9.58 Å². The van der Waals surface area contributed by atoms with Crippen LogP contribution in [0.2, 0.25) is 10.0 Å². The van der Waals surface area contributed by atoms with Crippen LogP contribution in [0.5, 0.6) is 0 Å². The van der Waals surface area contributed by atoms with E-state index in [1.54, 1.807) is 25.1 Å². The molecule has 0 spiro atoms. The van der Waals surface area contributed by atoms with E-state index in [0.717, 1.165) is 0 Å². The van der Waals surface area contributed by atoms with Crippen LogP contribution in [0, 0.1) is 12.8 Å². The number of amides is 1. The number of nitrogens with zero attached hydrogens (tertiary/aromatic N) is 4. The zero-order valence-corrected chi connectivity index (χ0v) is 15.0. The lowest BCUT2D eigenvalue weighted by Gasteiger charge is -2.29. The number of carboxylic acid groups (broad SMARTS) is 1. The van der Waals surface area contributed by atoms with Crippen molar-refractivity contribution in [2.24, 2.45) is 5.92 Å². The first-order chi connectivity index (χ1) is 11.9. The Morgan fingerprint density at radius 1 is 1.28 bits per heavy atom. The normalized spacial score (nSPS) is 17.6. The number of carbonyl (C=O) groups is 2. The van der Waals surface area contributed by atoms with E-state index in [-0.39, 0.29) is 12.4 Å². The second-order valence-electron chi connectivity index (χ2n) is 5.89. The number of halogens is 2. The zero-order valence-electron chi connectivity index (χ0n) is 13.4. The molecule has 1 saturated heterocycles. The number of hydrogen-bond acceptors (Lipinski definition) is 4. The maximum Gasteiger partial charge on any atom is 0.308 e. The Morgan fingerprint density at radius 3 is 2.60 bits per heavy atom. The summed E-state index contributed by atoms with van der Waals surface area (Å²) in [4.78, 5) is 29.5. The molecule has 1 unspecified atom stereocenters. The predicted molar refractivity (Wildman–Crippen MR) is 92.4 cm³/mol. The van der Waals surface area contributed by atoms with Gasteiger partial charge >= 0.3 is 5.97 Å². The number of aromatic nitrogens is 3. The van der Waals surface area contributed by atoms with Crippen LogP contribution in [-0.4, -0.2) is 49.7 Å². The van der Waals surface area contributed by atoms with E-state index in [4.69, 9.17) is 28.3 Å². The standard InChI is InChI=1S/C16H16Cl2N4O3/c1-9-19-14(15(23)21-7-3-4-10(8-21)16(24)25)20-22(9)13-11(17)5-2-6-12(13)18/h2,5-6,10H,3-4,7-8H2,1H3,(H,24,25). The Balaban J connectivity index is 1.90. The molecule has 0 radical (unpaired) electrons. The number of aryl methyl sites for hydroxylation is 1. The van der Waals surface area contributed by atoms with Gasteiger partial charge < -0.3 is 10.0 Å². The van der Waals surface area contributed by atoms with Crippen LogP contribution in [0.1, 0.15) is 29.3 Å². The Bertz CT molecular complexity index is 817. The molecular weight excluding hydrogens is 367 g/mol. The van der Waals surface area contributed by atoms with Crippen molar-refractivity contribution < 1.29 is 14.7 Å². The Kier molecular flexibility index (Phi) is 4.96. The van der Waals surface area contributed by atoms with Crippen LogP contribution in [0.15, 0.2) is 18.2 Å². The van der Waals surface area contributed by atoms with Crippen molar-refractivity contribution >= 4 is 35.1 Å². The monoisotopic (exact) mass is 382 g/mol. The van der Waals surface area contributed by atoms with Crippen LogP contribution in [0.3, 0.4) is 0 Å². The van der Waals surface area contributed by atoms with E-state index in [9.17, 15) is 9.59 Å². The largest absolute Gasteiger partial charge is 0.481 e. The number of hydrogen-bond donors (Lipinski definition) is 1. The molecule has 0 saturated carbocycles. The van der Waals surface area contributed by atoms with Gasteiger partial charge in [-0.25, -0.2) is 9.67 Å². The highest BCUT2D eigenvalue weighted by Crippen LogP contribution is 2.28. The summed E-state index contributed by atoms with van der Waals surface area (Å²) in [6, 6.07) is 5.06. The summed E-state index contributed by atoms with van der Waals surface area (Å²) in [7, 11) is 0. The van der Waals surface area contributed by atoms with Crippen molar-refractivity contribution in [3.63, 3.8) is 0 Å². The molecule has 1 aliphatic heterocycles. The maximum absolute atomic E-state index is 12.7. The minimum atomic E-state index is -0.894. The number of carboxylic acids is 1. The van der Waals surface area contributed by atoms with E-state index in [1.807, 2.05) is 0 Å². The summed E-state index contributed by atoms with van der Waals surface area (Å²) in [5.74, 6) is -1.38. The third-order valence-electron chi connectivity index (χ3n) is 4.17. The van der Waals surface area contributed by atoms with Gasteiger partial charge in [0.05, 0.1) is 16.0 Å². The van der Waals surface area contributed by atoms with Crippen molar-refractivity contribution in [2.45, 2.75) is 19.8 Å². The van der Waals surface area contributed by atoms with Gasteiger partial charge in [-0.3, -0.25) is 9.59 Å². The molecule has 0 bridgehead atoms. The van der Waals surface area contributed by atoms with E-state index < -0.39 is 17.8 Å². The molecule has 1 amide bonds. The molecule has 1 atom stereocenters. The van der Waals surface area contributed by atoms with Gasteiger partial charge in [-0.1, -0.05) is 29.3 Å². The number of aliphatic carboxylic acids is 1. The SMILES string of the molecule is Cc1nc(C(=O)N2CCCC(C(=O)O)C2)nn1-c1c(Cl)cccc1Cl. The molecule has 3 rings (SSSR count). The Labute approximate surface area is 154 Å². The quantitative estimate of drug-likeness (QED) is 0.881. The van der Waals surface area contributed by atoms with Crippen molar-refractivity contribution in [3.8, 4) is 5.69 Å². The van der Waals surface area contributed by atoms with E-state index in [0.29, 0.717) is 40.9 Å². The van der Waals surface area contributed by atoms with Gasteiger partial charge in [0.2, 0.25) is 5.82 Å². The lowest BCUT2D eigenvalue weighted by molar-refractivity contribution is -0.143. The van der Waals surface area contributed by atoms with Crippen LogP contribution in [0.25, 0.3) is 5.69 Å². The first kappa shape index (κ1) is 17.7. The van der Waals surface area contributed by atoms with Crippen LogP contribution in [0.4, 0.5) is 0 Å². The molecular formula is C16H16Cl2N4O3. The molecule has 1 N–H and O–H groups in total. The van der Waals surface area contributed by atoms with Gasteiger partial charge in [0.25, 0.3) is 5.91 Å². The highest BCUT2D eigenvalue weighted by atomic mass is 35.5. The average Bonchev–Trinajstić information content (AvgIpc) is 2.96. The highest BCUT2D eigenvalue weighted by Gasteiger charge is 2.30. The third-order valence-corrected chi connectivity index (χ3v) is 4.78. The van der Waals surface area contributed by atoms with Gasteiger partial charge in [-0.15, -0.1) is 5.10 Å². The summed E-state index contributed by atoms with van der Waals surface area (Å²) in [5, 5.41) is 14.2. The molecule has 1 aliphatic rings. The van der Waals surface area contributed by atoms with E-state index in [2.05, 4.69) is 10.1 Å². The second-order valence-corrected chi connectivity index (χ2v) is 6.71. The summed E-state index contributed by atoms with van der Waals surface area (Å²) in [6.07, 6.45) is 1.20. The maximum atomic E-state index is 12.7. The predicted octanol–water partition coefficient (Wildman–Crippen LogP) is 2.82. The van der Waals surface area contributed by atoms with Crippen LogP contribution < -0.4 is 0 Å². The van der Waals surface area contributed by atoms with Gasteiger partial charge in [0, 0.05) is 13.1 Å². The van der Waals surface area contributed by atoms with Gasteiger partial charge in [-0.05, 0) is 31.9 Å². The molecule has 1 aromatic heterocycles. The molecule has 0 aliphatic carbocycles. The number of piperidine rings is 1. The average molecular weight is 383 g/mol. The number of carbonyl (C=O) groups excluding carboxylic acids is 1. The second kappa shape index (κ2) is 7.01. The lowest BCUT2D eigenvalue weighted by Crippen LogP contribution is -2.42. The number of benzene rings is 1. The zero-order chi connectivity index (χ0) is 18.1. The smallest absolute Gasteiger partial charge is 0.308 e. The molecule has 25 heavy (non-hydrogen) atoms. The molecule has 1 fully saturated rings. The minimum Gasteiger partial charge on any atom is -0.481 e. The van der Waals surface area contributed by atoms with Crippen molar-refractivity contribution in [1.29, 1.82) is 0 Å². The fraction of sp³-hybridized carbons (Fsp3) is 0.375. The highest BCUT2D eigenvalue weighted by molar-refractivity contribution is 6.37. The fourth-order valence-electron chi connectivity index (χ4n) is 2.89. The number of rotatable bonds is 3. The summed E-state index contributed by atoms with van der Waals surface area (Å²) >= 11 is 12.4. The molecule has 1 aromatic carbocycles. The molecule has 7 nitrogen and oxygen atoms in total. The first-order valence-corrected chi connectivity index (χ1v) is 8.54. The Hall–Kier alpha value is -2.12. The summed E-state index contributed by atoms with van der Waals surface area (Å²) < 4.78 is 1.43. The van der Waals surface area contributed by atoms with Crippen molar-refractivity contribution in [2.75, 3.05) is 13.1 Å². The van der Waals surface area contributed by atoms with Gasteiger partial charge in [0.15, 0.2) is 0 Å². The van der Waals surface area contributed by atoms with Gasteiger partial charge in [0.1, 0.15) is 11.5 Å². The third kappa shape index (κ3) is 3.48. The molecule has 132 valence electrons. The molecule has 2 aromatic rings. The van der Waals surface area contributed by atoms with Crippen LogP contribution in [-0.2, 0) is 4.79 Å². The first-order valence-electron chi connectivity index (χ1n) is 7.78. The topological polar surface area (TPSA) is 88.3 Å². The van der Waals surface area contributed by atoms with Crippen molar-refractivity contribution in [3.05, 3.63) is 39.9 Å².